The number of rotatable bonds is 5. The van der Waals surface area contributed by atoms with Crippen molar-refractivity contribution in [2.45, 2.75) is 30.2 Å². The monoisotopic (exact) mass is 576 g/mol. The minimum atomic E-state index is -3.73. The summed E-state index contributed by atoms with van der Waals surface area (Å²) in [6.07, 6.45) is 0.965. The van der Waals surface area contributed by atoms with E-state index in [-0.39, 0.29) is 36.0 Å². The van der Waals surface area contributed by atoms with E-state index < -0.39 is 15.6 Å². The molecule has 0 aliphatic carbocycles. The molecule has 0 radical (unpaired) electrons. The zero-order valence-electron chi connectivity index (χ0n) is 19.9. The van der Waals surface area contributed by atoms with Gasteiger partial charge in [-0.15, -0.1) is 5.10 Å². The molecule has 198 valence electrons. The van der Waals surface area contributed by atoms with E-state index in [4.69, 9.17) is 32.7 Å². The van der Waals surface area contributed by atoms with Crippen LogP contribution < -0.4 is 15.0 Å². The molecule has 11 nitrogen and oxygen atoms in total. The van der Waals surface area contributed by atoms with Gasteiger partial charge in [-0.2, -0.15) is 4.31 Å². The molecular formula is C24H22Cl2N6O5S. The zero-order chi connectivity index (χ0) is 26.4. The van der Waals surface area contributed by atoms with Crippen molar-refractivity contribution in [2.24, 2.45) is 0 Å². The third-order valence-electron chi connectivity index (χ3n) is 6.75. The van der Waals surface area contributed by atoms with Crippen LogP contribution in [0.15, 0.2) is 46.1 Å². The number of hydrogen-bond donors (Lipinski definition) is 1. The summed E-state index contributed by atoms with van der Waals surface area (Å²) >= 11 is 12.6. The lowest BCUT2D eigenvalue weighted by molar-refractivity contribution is 0.171. The molecule has 2 aliphatic rings. The van der Waals surface area contributed by atoms with Crippen molar-refractivity contribution >= 4 is 44.4 Å². The zero-order valence-corrected chi connectivity index (χ0v) is 22.3. The Morgan fingerprint density at radius 2 is 1.74 bits per heavy atom. The molecule has 0 atom stereocenters. The summed E-state index contributed by atoms with van der Waals surface area (Å²) in [4.78, 5) is 20.4. The first-order valence-corrected chi connectivity index (χ1v) is 14.2. The Morgan fingerprint density at radius 3 is 2.47 bits per heavy atom. The van der Waals surface area contributed by atoms with E-state index in [1.165, 1.54) is 21.1 Å². The van der Waals surface area contributed by atoms with Crippen LogP contribution in [0.25, 0.3) is 11.2 Å². The van der Waals surface area contributed by atoms with E-state index in [0.29, 0.717) is 64.6 Å². The van der Waals surface area contributed by atoms with E-state index >= 15 is 0 Å². The lowest BCUT2D eigenvalue weighted by Crippen LogP contribution is -2.38. The molecule has 2 aliphatic heterocycles. The van der Waals surface area contributed by atoms with Gasteiger partial charge in [0.05, 0.1) is 11.4 Å². The first-order valence-electron chi connectivity index (χ1n) is 12.0. The maximum atomic E-state index is 13.3. The van der Waals surface area contributed by atoms with Crippen LogP contribution in [0, 0.1) is 0 Å². The van der Waals surface area contributed by atoms with E-state index in [0.717, 1.165) is 0 Å². The van der Waals surface area contributed by atoms with Crippen LogP contribution in [0.3, 0.4) is 0 Å². The minimum absolute atomic E-state index is 0.107. The van der Waals surface area contributed by atoms with Crippen molar-refractivity contribution in [1.82, 2.24) is 29.3 Å². The summed E-state index contributed by atoms with van der Waals surface area (Å²) in [7, 11) is -3.73. The predicted octanol–water partition coefficient (Wildman–Crippen LogP) is 3.21. The predicted molar refractivity (Wildman–Crippen MR) is 140 cm³/mol. The second-order valence-corrected chi connectivity index (χ2v) is 11.8. The molecule has 0 spiro atoms. The summed E-state index contributed by atoms with van der Waals surface area (Å²) < 4.78 is 40.6. The molecule has 2 aromatic carbocycles. The fraction of sp³-hybridized carbons (Fsp3) is 0.333. The molecule has 1 N–H and O–H groups in total. The van der Waals surface area contributed by atoms with Gasteiger partial charge in [-0.25, -0.2) is 18.1 Å². The highest BCUT2D eigenvalue weighted by molar-refractivity contribution is 7.89. The molecule has 0 bridgehead atoms. The summed E-state index contributed by atoms with van der Waals surface area (Å²) in [6.45, 7) is 1.54. The second kappa shape index (κ2) is 9.84. The average Bonchev–Trinajstić information content (AvgIpc) is 3.34. The molecule has 38 heavy (non-hydrogen) atoms. The molecule has 4 aromatic rings. The molecule has 1 fully saturated rings. The molecule has 1 saturated heterocycles. The number of H-pyrrole nitrogens is 1. The van der Waals surface area contributed by atoms with Gasteiger partial charge >= 0.3 is 0 Å². The van der Waals surface area contributed by atoms with E-state index in [1.54, 1.807) is 24.3 Å². The second-order valence-electron chi connectivity index (χ2n) is 9.05. The van der Waals surface area contributed by atoms with Crippen LogP contribution >= 0.6 is 23.2 Å². The number of aromatic nitrogens is 5. The standard InChI is InChI=1S/C24H22Cl2N6O5S/c25-17-2-1-3-18(26)16(17)13-32-23-21(29-30-32)24(33)28-22(27-23)14-6-8-31(9-7-14)38(34,35)15-4-5-19-20(12-15)37-11-10-36-19/h1-5,12,14H,6-11,13H2,(H,27,28,33). The molecular weight excluding hydrogens is 555 g/mol. The lowest BCUT2D eigenvalue weighted by atomic mass is 9.97. The highest BCUT2D eigenvalue weighted by Gasteiger charge is 2.32. The fourth-order valence-corrected chi connectivity index (χ4v) is 6.72. The maximum Gasteiger partial charge on any atom is 0.281 e. The van der Waals surface area contributed by atoms with E-state index in [9.17, 15) is 13.2 Å². The quantitative estimate of drug-likeness (QED) is 0.383. The van der Waals surface area contributed by atoms with Gasteiger partial charge in [-0.05, 0) is 37.1 Å². The van der Waals surface area contributed by atoms with E-state index in [2.05, 4.69) is 20.3 Å². The van der Waals surface area contributed by atoms with Gasteiger partial charge in [0, 0.05) is 40.7 Å². The van der Waals surface area contributed by atoms with Crippen molar-refractivity contribution in [1.29, 1.82) is 0 Å². The molecule has 14 heteroatoms. The lowest BCUT2D eigenvalue weighted by Gasteiger charge is -2.31. The largest absolute Gasteiger partial charge is 0.486 e. The summed E-state index contributed by atoms with van der Waals surface area (Å²) in [5, 5.41) is 9.01. The highest BCUT2D eigenvalue weighted by Crippen LogP contribution is 2.35. The van der Waals surface area contributed by atoms with Crippen molar-refractivity contribution in [3.05, 3.63) is 68.2 Å². The number of halogens is 2. The maximum absolute atomic E-state index is 13.3. The minimum Gasteiger partial charge on any atom is -0.486 e. The number of sulfonamides is 1. The molecule has 6 rings (SSSR count). The Kier molecular flexibility index (Phi) is 6.50. The normalized spacial score (nSPS) is 16.7. The number of nitrogens with one attached hydrogen (secondary N) is 1. The third kappa shape index (κ3) is 4.51. The van der Waals surface area contributed by atoms with Gasteiger partial charge in [0.1, 0.15) is 19.0 Å². The van der Waals surface area contributed by atoms with Crippen LogP contribution in [0.1, 0.15) is 30.1 Å². The highest BCUT2D eigenvalue weighted by atomic mass is 35.5. The third-order valence-corrected chi connectivity index (χ3v) is 9.36. The van der Waals surface area contributed by atoms with Crippen molar-refractivity contribution in [2.75, 3.05) is 26.3 Å². The SMILES string of the molecule is O=c1[nH]c(C2CCN(S(=O)(=O)c3ccc4c(c3)OCCO4)CC2)nc2c1nnn2Cc1c(Cl)cccc1Cl. The van der Waals surface area contributed by atoms with Gasteiger partial charge in [0.15, 0.2) is 22.7 Å². The molecule has 0 saturated carbocycles. The number of nitrogens with zero attached hydrogens (tertiary/aromatic N) is 5. The van der Waals surface area contributed by atoms with Crippen molar-refractivity contribution in [3.63, 3.8) is 0 Å². The van der Waals surface area contributed by atoms with Crippen molar-refractivity contribution < 1.29 is 17.9 Å². The molecule has 0 amide bonds. The van der Waals surface area contributed by atoms with Crippen LogP contribution in [0.2, 0.25) is 10.0 Å². The smallest absolute Gasteiger partial charge is 0.281 e. The summed E-state index contributed by atoms with van der Waals surface area (Å²) in [5.41, 5.74) is 0.651. The number of benzene rings is 2. The Labute approximate surface area is 227 Å². The van der Waals surface area contributed by atoms with Gasteiger partial charge in [-0.1, -0.05) is 34.5 Å². The van der Waals surface area contributed by atoms with Crippen LogP contribution in [0.5, 0.6) is 11.5 Å². The molecule has 0 unspecified atom stereocenters. The number of piperidine rings is 1. The molecule has 2 aromatic heterocycles. The van der Waals surface area contributed by atoms with E-state index in [1.807, 2.05) is 0 Å². The van der Waals surface area contributed by atoms with Crippen LogP contribution in [-0.4, -0.2) is 64.0 Å². The Bertz CT molecular complexity index is 1680. The summed E-state index contributed by atoms with van der Waals surface area (Å²) in [6, 6.07) is 9.84. The van der Waals surface area contributed by atoms with Crippen LogP contribution in [0.4, 0.5) is 0 Å². The number of hydrogen-bond acceptors (Lipinski definition) is 8. The number of aromatic amines is 1. The van der Waals surface area contributed by atoms with Gasteiger partial charge in [0.25, 0.3) is 5.56 Å². The Morgan fingerprint density at radius 1 is 1.03 bits per heavy atom. The summed E-state index contributed by atoms with van der Waals surface area (Å²) in [5.74, 6) is 1.27. The first kappa shape index (κ1) is 25.1. The fourth-order valence-electron chi connectivity index (χ4n) is 4.72. The molecule has 4 heterocycles. The first-order chi connectivity index (χ1) is 18.3. The van der Waals surface area contributed by atoms with Gasteiger partial charge < -0.3 is 14.5 Å². The topological polar surface area (TPSA) is 132 Å². The number of fused-ring (bicyclic) bond motifs is 2. The van der Waals surface area contributed by atoms with Gasteiger partial charge in [-0.3, -0.25) is 4.79 Å². The average molecular weight is 577 g/mol. The Hall–Kier alpha value is -3.19. The Balaban J connectivity index is 1.22. The van der Waals surface area contributed by atoms with Crippen molar-refractivity contribution in [3.8, 4) is 11.5 Å². The number of ether oxygens (including phenoxy) is 2. The van der Waals surface area contributed by atoms with Crippen LogP contribution in [-0.2, 0) is 16.6 Å². The van der Waals surface area contributed by atoms with Gasteiger partial charge in [0.2, 0.25) is 10.0 Å².